The Morgan fingerprint density at radius 3 is 2.57 bits per heavy atom. The van der Waals surface area contributed by atoms with Crippen LogP contribution in [0.5, 0.6) is 0 Å². The molecule has 28 heavy (non-hydrogen) atoms. The monoisotopic (exact) mass is 419 g/mol. The number of rotatable bonds is 4. The molecule has 9 heteroatoms. The Balaban J connectivity index is 2.10. The molecule has 3 aromatic rings. The summed E-state index contributed by atoms with van der Waals surface area (Å²) in [6.07, 6.45) is 0.701. The molecule has 1 amide bonds. The molecule has 0 atom stereocenters. The van der Waals surface area contributed by atoms with Crippen molar-refractivity contribution >= 4 is 34.5 Å². The van der Waals surface area contributed by atoms with Crippen molar-refractivity contribution in [1.82, 2.24) is 4.57 Å². The summed E-state index contributed by atoms with van der Waals surface area (Å²) in [5.74, 6) is -1.00. The molecule has 1 heterocycles. The number of aromatic nitrogens is 1. The van der Waals surface area contributed by atoms with E-state index in [1.165, 1.54) is 35.6 Å². The average Bonchev–Trinajstić information content (AvgIpc) is 2.98. The van der Waals surface area contributed by atoms with E-state index in [1.54, 1.807) is 23.7 Å². The zero-order valence-electron chi connectivity index (χ0n) is 15.0. The number of thiazole rings is 1. The highest BCUT2D eigenvalue weighted by Crippen LogP contribution is 2.27. The van der Waals surface area contributed by atoms with E-state index in [2.05, 4.69) is 4.99 Å². The molecule has 0 spiro atoms. The number of nitro benzene ring substituents is 1. The quantitative estimate of drug-likeness (QED) is 0.452. The standard InChI is InChI=1S/C19H15ClFN3O3S/c1-3-16-17(11-4-6-12(21)7-5-11)23(2)19(28-16)22-18(25)14-10-13(24(26)27)8-9-15(14)20/h4-10H,3H2,1-2H3. The SMILES string of the molecule is CCc1sc(=NC(=O)c2cc([N+](=O)[O-])ccc2Cl)n(C)c1-c1ccc(F)cc1. The maximum Gasteiger partial charge on any atom is 0.281 e. The minimum Gasteiger partial charge on any atom is -0.319 e. The number of carbonyl (C=O) groups excluding carboxylic acids is 1. The summed E-state index contributed by atoms with van der Waals surface area (Å²) in [5, 5.41) is 11.0. The fourth-order valence-corrected chi connectivity index (χ4v) is 4.02. The third-order valence-corrected chi connectivity index (χ3v) is 5.73. The predicted molar refractivity (Wildman–Crippen MR) is 106 cm³/mol. The summed E-state index contributed by atoms with van der Waals surface area (Å²) in [7, 11) is 1.76. The van der Waals surface area contributed by atoms with E-state index in [9.17, 15) is 19.3 Å². The van der Waals surface area contributed by atoms with Gasteiger partial charge in [-0.15, -0.1) is 11.3 Å². The van der Waals surface area contributed by atoms with Gasteiger partial charge in [-0.2, -0.15) is 4.99 Å². The number of hydrogen-bond acceptors (Lipinski definition) is 4. The number of benzene rings is 2. The highest BCUT2D eigenvalue weighted by atomic mass is 35.5. The Labute approximate surface area is 168 Å². The topological polar surface area (TPSA) is 77.5 Å². The molecule has 3 rings (SSSR count). The summed E-state index contributed by atoms with van der Waals surface area (Å²) < 4.78 is 15.0. The number of carbonyl (C=O) groups is 1. The van der Waals surface area contributed by atoms with Crippen molar-refractivity contribution in [1.29, 1.82) is 0 Å². The van der Waals surface area contributed by atoms with Gasteiger partial charge < -0.3 is 4.57 Å². The van der Waals surface area contributed by atoms with Gasteiger partial charge >= 0.3 is 0 Å². The van der Waals surface area contributed by atoms with Gasteiger partial charge in [-0.1, -0.05) is 18.5 Å². The first-order valence-corrected chi connectivity index (χ1v) is 9.49. The maximum atomic E-state index is 13.2. The zero-order chi connectivity index (χ0) is 20.4. The van der Waals surface area contributed by atoms with Crippen molar-refractivity contribution in [3.63, 3.8) is 0 Å². The van der Waals surface area contributed by atoms with Gasteiger partial charge in [0.05, 0.1) is 21.2 Å². The first-order valence-electron chi connectivity index (χ1n) is 8.29. The number of nitrogens with zero attached hydrogens (tertiary/aromatic N) is 3. The molecule has 0 unspecified atom stereocenters. The van der Waals surface area contributed by atoms with Crippen LogP contribution in [0.3, 0.4) is 0 Å². The summed E-state index contributed by atoms with van der Waals surface area (Å²) in [6, 6.07) is 9.72. The minimum atomic E-state index is -0.668. The Morgan fingerprint density at radius 1 is 1.29 bits per heavy atom. The van der Waals surface area contributed by atoms with Crippen LogP contribution < -0.4 is 4.80 Å². The highest BCUT2D eigenvalue weighted by molar-refractivity contribution is 7.09. The van der Waals surface area contributed by atoms with Crippen LogP contribution in [0.15, 0.2) is 47.5 Å². The second kappa shape index (κ2) is 8.04. The van der Waals surface area contributed by atoms with Crippen molar-refractivity contribution in [3.05, 3.63) is 78.7 Å². The molecule has 2 aromatic carbocycles. The summed E-state index contributed by atoms with van der Waals surface area (Å²) in [6.45, 7) is 1.97. The average molecular weight is 420 g/mol. The van der Waals surface area contributed by atoms with E-state index in [4.69, 9.17) is 11.6 Å². The van der Waals surface area contributed by atoms with Gasteiger partial charge in [-0.3, -0.25) is 14.9 Å². The second-order valence-corrected chi connectivity index (χ2v) is 7.38. The van der Waals surface area contributed by atoms with Gasteiger partial charge in [0.25, 0.3) is 11.6 Å². The maximum absolute atomic E-state index is 13.2. The van der Waals surface area contributed by atoms with E-state index in [1.807, 2.05) is 6.92 Å². The molecule has 144 valence electrons. The smallest absolute Gasteiger partial charge is 0.281 e. The molecule has 6 nitrogen and oxygen atoms in total. The zero-order valence-corrected chi connectivity index (χ0v) is 16.6. The Bertz CT molecular complexity index is 1140. The van der Waals surface area contributed by atoms with Crippen molar-refractivity contribution < 1.29 is 14.1 Å². The second-order valence-electron chi connectivity index (χ2n) is 5.91. The molecular formula is C19H15ClFN3O3S. The van der Waals surface area contributed by atoms with Crippen LogP contribution in [0.4, 0.5) is 10.1 Å². The molecule has 0 saturated heterocycles. The molecule has 1 aromatic heterocycles. The lowest BCUT2D eigenvalue weighted by Crippen LogP contribution is -2.14. The minimum absolute atomic E-state index is 0.0364. The van der Waals surface area contributed by atoms with Gasteiger partial charge in [0.15, 0.2) is 4.80 Å². The largest absolute Gasteiger partial charge is 0.319 e. The fourth-order valence-electron chi connectivity index (χ4n) is 2.75. The molecule has 0 aliphatic rings. The van der Waals surface area contributed by atoms with Gasteiger partial charge in [-0.25, -0.2) is 4.39 Å². The fraction of sp³-hybridized carbons (Fsp3) is 0.158. The molecule has 0 bridgehead atoms. The molecule has 0 fully saturated rings. The van der Waals surface area contributed by atoms with Crippen molar-refractivity contribution in [2.75, 3.05) is 0 Å². The lowest BCUT2D eigenvalue weighted by Gasteiger charge is -2.05. The van der Waals surface area contributed by atoms with Crippen LogP contribution >= 0.6 is 22.9 Å². The summed E-state index contributed by atoms with van der Waals surface area (Å²) in [5.41, 5.74) is 1.37. The third-order valence-electron chi connectivity index (χ3n) is 4.13. The third kappa shape index (κ3) is 3.88. The normalized spacial score (nSPS) is 11.6. The van der Waals surface area contributed by atoms with Gasteiger partial charge in [-0.05, 0) is 42.3 Å². The lowest BCUT2D eigenvalue weighted by molar-refractivity contribution is -0.384. The van der Waals surface area contributed by atoms with E-state index in [0.29, 0.717) is 11.2 Å². The molecular weight excluding hydrogens is 405 g/mol. The number of aryl methyl sites for hydroxylation is 1. The summed E-state index contributed by atoms with van der Waals surface area (Å²) >= 11 is 7.36. The number of non-ortho nitro benzene ring substituents is 1. The highest BCUT2D eigenvalue weighted by Gasteiger charge is 2.17. The van der Waals surface area contributed by atoms with Crippen LogP contribution in [-0.2, 0) is 13.5 Å². The number of halogens is 2. The van der Waals surface area contributed by atoms with Gasteiger partial charge in [0.1, 0.15) is 5.82 Å². The summed E-state index contributed by atoms with van der Waals surface area (Å²) in [4.78, 5) is 28.5. The van der Waals surface area contributed by atoms with Crippen LogP contribution in [0, 0.1) is 15.9 Å². The van der Waals surface area contributed by atoms with Crippen LogP contribution in [0.2, 0.25) is 5.02 Å². The van der Waals surface area contributed by atoms with E-state index in [0.717, 1.165) is 22.2 Å². The Kier molecular flexibility index (Phi) is 5.71. The van der Waals surface area contributed by atoms with E-state index >= 15 is 0 Å². The van der Waals surface area contributed by atoms with Gasteiger partial charge in [0, 0.05) is 24.1 Å². The predicted octanol–water partition coefficient (Wildman–Crippen LogP) is 4.76. The van der Waals surface area contributed by atoms with Crippen molar-refractivity contribution in [2.24, 2.45) is 12.0 Å². The van der Waals surface area contributed by atoms with Crippen molar-refractivity contribution in [2.45, 2.75) is 13.3 Å². The first kappa shape index (κ1) is 19.9. The number of nitro groups is 1. The van der Waals surface area contributed by atoms with Crippen LogP contribution in [0.25, 0.3) is 11.3 Å². The molecule has 0 saturated carbocycles. The molecule has 0 aliphatic heterocycles. The number of amides is 1. The van der Waals surface area contributed by atoms with Crippen molar-refractivity contribution in [3.8, 4) is 11.3 Å². The lowest BCUT2D eigenvalue weighted by atomic mass is 10.1. The number of hydrogen-bond donors (Lipinski definition) is 0. The first-order chi connectivity index (χ1) is 13.3. The molecule has 0 aliphatic carbocycles. The van der Waals surface area contributed by atoms with Gasteiger partial charge in [0.2, 0.25) is 0 Å². The van der Waals surface area contributed by atoms with E-state index < -0.39 is 10.8 Å². The molecule has 0 radical (unpaired) electrons. The van der Waals surface area contributed by atoms with Crippen LogP contribution in [0.1, 0.15) is 22.2 Å². The Morgan fingerprint density at radius 2 is 1.96 bits per heavy atom. The van der Waals surface area contributed by atoms with E-state index in [-0.39, 0.29) is 22.1 Å². The van der Waals surface area contributed by atoms with Crippen LogP contribution in [-0.4, -0.2) is 15.4 Å². The Hall–Kier alpha value is -2.84. The molecule has 0 N–H and O–H groups in total.